The van der Waals surface area contributed by atoms with Crippen LogP contribution in [-0.2, 0) is 11.3 Å². The third-order valence-electron chi connectivity index (χ3n) is 3.56. The van der Waals surface area contributed by atoms with Gasteiger partial charge in [0.1, 0.15) is 11.6 Å². The van der Waals surface area contributed by atoms with E-state index < -0.39 is 0 Å². The normalized spacial score (nSPS) is 13.0. The van der Waals surface area contributed by atoms with Gasteiger partial charge in [-0.25, -0.2) is 4.39 Å². The summed E-state index contributed by atoms with van der Waals surface area (Å²) < 4.78 is 18.4. The van der Waals surface area contributed by atoms with Gasteiger partial charge in [0, 0.05) is 18.3 Å². The molecule has 0 radical (unpaired) electrons. The lowest BCUT2D eigenvalue weighted by Gasteiger charge is -2.28. The Kier molecular flexibility index (Phi) is 4.15. The average molecular weight is 310 g/mol. The molecule has 1 aliphatic heterocycles. The first kappa shape index (κ1) is 14.9. The molecule has 0 unspecified atom stereocenters. The van der Waals surface area contributed by atoms with Crippen molar-refractivity contribution in [1.82, 2.24) is 0 Å². The van der Waals surface area contributed by atoms with Crippen molar-refractivity contribution in [3.8, 4) is 18.1 Å². The summed E-state index contributed by atoms with van der Waals surface area (Å²) in [5.41, 5.74) is 2.49. The number of hydrogen-bond donors (Lipinski definition) is 1. The molecule has 5 heteroatoms. The predicted molar refractivity (Wildman–Crippen MR) is 86.8 cm³/mol. The molecule has 0 aliphatic carbocycles. The number of rotatable bonds is 4. The molecular weight excluding hydrogens is 295 g/mol. The van der Waals surface area contributed by atoms with E-state index in [1.165, 1.54) is 17.0 Å². The quantitative estimate of drug-likeness (QED) is 0.883. The number of halogens is 1. The molecule has 4 nitrogen and oxygen atoms in total. The molecule has 0 saturated heterocycles. The lowest BCUT2D eigenvalue weighted by atomic mass is 10.2. The van der Waals surface area contributed by atoms with Crippen LogP contribution in [0.3, 0.4) is 0 Å². The number of fused-ring (bicyclic) bond motifs is 1. The zero-order chi connectivity index (χ0) is 16.2. The number of ether oxygens (including phenoxy) is 1. The van der Waals surface area contributed by atoms with Crippen LogP contribution >= 0.6 is 0 Å². The highest BCUT2D eigenvalue weighted by Crippen LogP contribution is 2.34. The Bertz CT molecular complexity index is 766. The van der Waals surface area contributed by atoms with Gasteiger partial charge in [0.25, 0.3) is 5.91 Å². The summed E-state index contributed by atoms with van der Waals surface area (Å²) >= 11 is 0. The molecule has 23 heavy (non-hydrogen) atoms. The topological polar surface area (TPSA) is 41.6 Å². The van der Waals surface area contributed by atoms with Gasteiger partial charge in [-0.1, -0.05) is 18.1 Å². The number of hydrogen-bond acceptors (Lipinski definition) is 3. The lowest BCUT2D eigenvalue weighted by Crippen LogP contribution is -2.38. The predicted octanol–water partition coefficient (Wildman–Crippen LogP) is 2.80. The Morgan fingerprint density at radius 1 is 1.26 bits per heavy atom. The van der Waals surface area contributed by atoms with E-state index in [1.54, 1.807) is 18.2 Å². The first-order valence-electron chi connectivity index (χ1n) is 7.16. The van der Waals surface area contributed by atoms with E-state index in [2.05, 4.69) is 11.2 Å². The summed E-state index contributed by atoms with van der Waals surface area (Å²) in [5, 5.41) is 3.24. The molecule has 0 saturated carbocycles. The number of carbonyl (C=O) groups is 1. The second-order valence-corrected chi connectivity index (χ2v) is 5.14. The number of terminal acetylenes is 1. The van der Waals surface area contributed by atoms with Gasteiger partial charge in [-0.15, -0.1) is 6.42 Å². The van der Waals surface area contributed by atoms with E-state index in [0.29, 0.717) is 18.0 Å². The highest BCUT2D eigenvalue weighted by molar-refractivity contribution is 5.98. The summed E-state index contributed by atoms with van der Waals surface area (Å²) in [6, 6.07) is 11.8. The fraction of sp³-hybridized carbons (Fsp3) is 0.167. The number of nitrogens with zero attached hydrogens (tertiary/aromatic N) is 1. The maximum absolute atomic E-state index is 12.9. The van der Waals surface area contributed by atoms with E-state index in [0.717, 1.165) is 11.3 Å². The molecule has 116 valence electrons. The van der Waals surface area contributed by atoms with Gasteiger partial charge < -0.3 is 10.1 Å². The molecule has 1 N–H and O–H groups in total. The van der Waals surface area contributed by atoms with E-state index in [4.69, 9.17) is 11.2 Å². The van der Waals surface area contributed by atoms with Crippen molar-refractivity contribution < 1.29 is 13.9 Å². The molecule has 2 aromatic carbocycles. The molecular formula is C18H15FN2O2. The molecule has 1 amide bonds. The summed E-state index contributed by atoms with van der Waals surface area (Å²) in [6.07, 6.45) is 5.31. The van der Waals surface area contributed by atoms with Gasteiger partial charge in [-0.05, 0) is 29.8 Å². The minimum absolute atomic E-state index is 0.0178. The first-order valence-corrected chi connectivity index (χ1v) is 7.16. The van der Waals surface area contributed by atoms with E-state index >= 15 is 0 Å². The van der Waals surface area contributed by atoms with Crippen molar-refractivity contribution in [3.63, 3.8) is 0 Å². The summed E-state index contributed by atoms with van der Waals surface area (Å²) in [5.74, 6) is 2.69. The molecule has 2 aromatic rings. The number of benzene rings is 2. The molecule has 0 atom stereocenters. The second kappa shape index (κ2) is 6.41. The Labute approximate surface area is 133 Å². The number of nitrogens with one attached hydrogen (secondary N) is 1. The second-order valence-electron chi connectivity index (χ2n) is 5.14. The maximum atomic E-state index is 12.9. The molecule has 1 aliphatic rings. The van der Waals surface area contributed by atoms with Crippen molar-refractivity contribution in [2.24, 2.45) is 0 Å². The van der Waals surface area contributed by atoms with Crippen molar-refractivity contribution in [3.05, 3.63) is 53.8 Å². The van der Waals surface area contributed by atoms with Gasteiger partial charge in [0.05, 0.1) is 12.2 Å². The third kappa shape index (κ3) is 3.27. The highest BCUT2D eigenvalue weighted by Gasteiger charge is 2.24. The Morgan fingerprint density at radius 2 is 2.04 bits per heavy atom. The fourth-order valence-corrected chi connectivity index (χ4v) is 2.39. The number of carbonyl (C=O) groups excluding carboxylic acids is 1. The van der Waals surface area contributed by atoms with Gasteiger partial charge in [0.15, 0.2) is 6.61 Å². The number of amides is 1. The number of anilines is 2. The van der Waals surface area contributed by atoms with E-state index in [-0.39, 0.29) is 24.9 Å². The zero-order valence-corrected chi connectivity index (χ0v) is 12.4. The van der Waals surface area contributed by atoms with Crippen LogP contribution in [0.5, 0.6) is 5.75 Å². The minimum atomic E-state index is -0.255. The Balaban J connectivity index is 1.74. The van der Waals surface area contributed by atoms with Crippen molar-refractivity contribution in [2.75, 3.05) is 23.4 Å². The van der Waals surface area contributed by atoms with Gasteiger partial charge in [0.2, 0.25) is 0 Å². The minimum Gasteiger partial charge on any atom is -0.481 e. The first-order chi connectivity index (χ1) is 11.2. The fourth-order valence-electron chi connectivity index (χ4n) is 2.39. The third-order valence-corrected chi connectivity index (χ3v) is 3.56. The van der Waals surface area contributed by atoms with Crippen LogP contribution in [0.1, 0.15) is 5.56 Å². The Morgan fingerprint density at radius 3 is 2.78 bits per heavy atom. The monoisotopic (exact) mass is 310 g/mol. The van der Waals surface area contributed by atoms with Crippen molar-refractivity contribution in [1.29, 1.82) is 0 Å². The van der Waals surface area contributed by atoms with Crippen LogP contribution in [0.2, 0.25) is 0 Å². The van der Waals surface area contributed by atoms with Crippen LogP contribution in [-0.4, -0.2) is 19.1 Å². The molecule has 0 bridgehead atoms. The van der Waals surface area contributed by atoms with Crippen LogP contribution in [0.15, 0.2) is 42.5 Å². The van der Waals surface area contributed by atoms with Crippen LogP contribution in [0.4, 0.5) is 15.8 Å². The average Bonchev–Trinajstić information content (AvgIpc) is 2.57. The molecule has 0 aromatic heterocycles. The SMILES string of the molecule is C#CCN1C(=O)COc2cc(NCc3ccc(F)cc3)ccc21. The highest BCUT2D eigenvalue weighted by atomic mass is 19.1. The van der Waals surface area contributed by atoms with E-state index in [1.807, 2.05) is 12.1 Å². The molecule has 1 heterocycles. The molecule has 0 fully saturated rings. The van der Waals surface area contributed by atoms with E-state index in [9.17, 15) is 9.18 Å². The standard InChI is InChI=1S/C18H15FN2O2/c1-2-9-21-16-8-7-15(10-17(16)23-12-18(21)22)20-11-13-3-5-14(19)6-4-13/h1,3-8,10,20H,9,11-12H2. The van der Waals surface area contributed by atoms with Gasteiger partial charge in [-0.2, -0.15) is 0 Å². The largest absolute Gasteiger partial charge is 0.481 e. The van der Waals surface area contributed by atoms with Gasteiger partial charge >= 0.3 is 0 Å². The molecule has 0 spiro atoms. The van der Waals surface area contributed by atoms with Crippen molar-refractivity contribution >= 4 is 17.3 Å². The Hall–Kier alpha value is -3.00. The molecule has 3 rings (SSSR count). The summed E-state index contributed by atoms with van der Waals surface area (Å²) in [4.78, 5) is 13.4. The lowest BCUT2D eigenvalue weighted by molar-refractivity contribution is -0.121. The van der Waals surface area contributed by atoms with Crippen LogP contribution in [0.25, 0.3) is 0 Å². The van der Waals surface area contributed by atoms with Gasteiger partial charge in [-0.3, -0.25) is 9.69 Å². The summed E-state index contributed by atoms with van der Waals surface area (Å²) in [6.45, 7) is 0.764. The van der Waals surface area contributed by atoms with Crippen LogP contribution in [0, 0.1) is 18.2 Å². The summed E-state index contributed by atoms with van der Waals surface area (Å²) in [7, 11) is 0. The van der Waals surface area contributed by atoms with Crippen LogP contribution < -0.4 is 15.0 Å². The maximum Gasteiger partial charge on any atom is 0.265 e. The smallest absolute Gasteiger partial charge is 0.265 e. The van der Waals surface area contributed by atoms with Crippen molar-refractivity contribution in [2.45, 2.75) is 6.54 Å². The zero-order valence-electron chi connectivity index (χ0n) is 12.4.